The summed E-state index contributed by atoms with van der Waals surface area (Å²) in [6.45, 7) is 1.18. The average Bonchev–Trinajstić information content (AvgIpc) is 3.49. The van der Waals surface area contributed by atoms with E-state index in [4.69, 9.17) is 27.9 Å². The molecule has 1 aliphatic carbocycles. The van der Waals surface area contributed by atoms with Crippen molar-refractivity contribution in [3.63, 3.8) is 0 Å². The summed E-state index contributed by atoms with van der Waals surface area (Å²) in [5.41, 5.74) is 0.927. The first-order valence-corrected chi connectivity index (χ1v) is 15.6. The minimum Gasteiger partial charge on any atom is -0.497 e. The van der Waals surface area contributed by atoms with Crippen molar-refractivity contribution in [2.75, 3.05) is 18.0 Å². The molecule has 0 bridgehead atoms. The number of carbonyl (C=O) groups is 2. The van der Waals surface area contributed by atoms with E-state index in [0.29, 0.717) is 5.75 Å². The molecule has 218 valence electrons. The van der Waals surface area contributed by atoms with Gasteiger partial charge in [-0.1, -0.05) is 66.4 Å². The van der Waals surface area contributed by atoms with Gasteiger partial charge in [0.15, 0.2) is 0 Å². The number of amides is 2. The fraction of sp³-hybridized carbons (Fsp3) is 0.333. The number of rotatable bonds is 11. The molecule has 2 amide bonds. The van der Waals surface area contributed by atoms with Gasteiger partial charge in [-0.2, -0.15) is 0 Å². The van der Waals surface area contributed by atoms with Gasteiger partial charge in [0.1, 0.15) is 18.3 Å². The van der Waals surface area contributed by atoms with Gasteiger partial charge in [0.2, 0.25) is 11.8 Å². The molecule has 1 N–H and O–H groups in total. The van der Waals surface area contributed by atoms with E-state index in [0.717, 1.165) is 35.6 Å². The third-order valence-electron chi connectivity index (χ3n) is 7.18. The Morgan fingerprint density at radius 2 is 1.63 bits per heavy atom. The van der Waals surface area contributed by atoms with E-state index < -0.39 is 28.5 Å². The quantitative estimate of drug-likeness (QED) is 0.299. The molecule has 0 radical (unpaired) electrons. The van der Waals surface area contributed by atoms with Gasteiger partial charge in [0.05, 0.1) is 27.7 Å². The molecule has 1 fully saturated rings. The molecular formula is C30H33Cl2N3O5S. The zero-order valence-electron chi connectivity index (χ0n) is 22.9. The maximum absolute atomic E-state index is 14.0. The van der Waals surface area contributed by atoms with Gasteiger partial charge in [-0.15, -0.1) is 0 Å². The van der Waals surface area contributed by atoms with Crippen LogP contribution in [0.2, 0.25) is 10.0 Å². The second-order valence-electron chi connectivity index (χ2n) is 9.96. The van der Waals surface area contributed by atoms with Crippen molar-refractivity contribution >= 4 is 50.7 Å². The summed E-state index contributed by atoms with van der Waals surface area (Å²) in [5.74, 6) is -0.190. The molecule has 1 aliphatic rings. The highest BCUT2D eigenvalue weighted by Crippen LogP contribution is 2.31. The normalized spacial score (nSPS) is 14.3. The van der Waals surface area contributed by atoms with Crippen LogP contribution in [-0.4, -0.2) is 50.9 Å². The lowest BCUT2D eigenvalue weighted by atomic mass is 10.1. The van der Waals surface area contributed by atoms with Gasteiger partial charge < -0.3 is 15.0 Å². The van der Waals surface area contributed by atoms with Gasteiger partial charge in [-0.3, -0.25) is 13.9 Å². The van der Waals surface area contributed by atoms with E-state index in [2.05, 4.69) is 5.32 Å². The SMILES string of the molecule is COc1ccc(CN(C(=O)CN(c2ccc(Cl)c(Cl)c2)S(=O)(=O)c2ccccc2)[C@@H](C)C(=O)NC2CCCC2)cc1. The van der Waals surface area contributed by atoms with Crippen LogP contribution in [-0.2, 0) is 26.2 Å². The number of carbonyl (C=O) groups excluding carboxylic acids is 2. The maximum atomic E-state index is 14.0. The van der Waals surface area contributed by atoms with Crippen molar-refractivity contribution in [2.24, 2.45) is 0 Å². The molecule has 0 spiro atoms. The molecule has 11 heteroatoms. The Balaban J connectivity index is 1.69. The zero-order chi connectivity index (χ0) is 29.6. The van der Waals surface area contributed by atoms with Crippen LogP contribution >= 0.6 is 23.2 Å². The molecule has 3 aromatic rings. The van der Waals surface area contributed by atoms with Crippen LogP contribution in [0.15, 0.2) is 77.7 Å². The molecule has 0 heterocycles. The smallest absolute Gasteiger partial charge is 0.264 e. The Bertz CT molecular complexity index is 1460. The second-order valence-corrected chi connectivity index (χ2v) is 12.6. The van der Waals surface area contributed by atoms with Crippen LogP contribution < -0.4 is 14.4 Å². The lowest BCUT2D eigenvalue weighted by molar-refractivity contribution is -0.139. The molecular weight excluding hydrogens is 585 g/mol. The maximum Gasteiger partial charge on any atom is 0.264 e. The number of hydrogen-bond donors (Lipinski definition) is 1. The number of benzene rings is 3. The summed E-state index contributed by atoms with van der Waals surface area (Å²) in [6, 6.07) is 18.5. The number of sulfonamides is 1. The van der Waals surface area contributed by atoms with Crippen LogP contribution in [0.5, 0.6) is 5.75 Å². The van der Waals surface area contributed by atoms with Crippen LogP contribution in [0, 0.1) is 0 Å². The minimum atomic E-state index is -4.19. The molecule has 1 atom stereocenters. The van der Waals surface area contributed by atoms with E-state index in [1.807, 2.05) is 0 Å². The number of halogens is 2. The van der Waals surface area contributed by atoms with Crippen molar-refractivity contribution in [3.8, 4) is 5.75 Å². The lowest BCUT2D eigenvalue weighted by Crippen LogP contribution is -2.52. The first-order valence-electron chi connectivity index (χ1n) is 13.4. The van der Waals surface area contributed by atoms with Crippen molar-refractivity contribution < 1.29 is 22.7 Å². The van der Waals surface area contributed by atoms with E-state index in [-0.39, 0.29) is 39.1 Å². The predicted octanol–water partition coefficient (Wildman–Crippen LogP) is 5.67. The number of nitrogens with zero attached hydrogens (tertiary/aromatic N) is 2. The summed E-state index contributed by atoms with van der Waals surface area (Å²) in [4.78, 5) is 28.7. The third kappa shape index (κ3) is 7.52. The number of ether oxygens (including phenoxy) is 1. The molecule has 0 unspecified atom stereocenters. The molecule has 41 heavy (non-hydrogen) atoms. The molecule has 3 aromatic carbocycles. The van der Waals surface area contributed by atoms with Crippen molar-refractivity contribution in [3.05, 3.63) is 88.4 Å². The van der Waals surface area contributed by atoms with Gasteiger partial charge in [-0.25, -0.2) is 8.42 Å². The van der Waals surface area contributed by atoms with Gasteiger partial charge in [-0.05, 0) is 67.8 Å². The molecule has 1 saturated carbocycles. The number of methoxy groups -OCH3 is 1. The summed E-state index contributed by atoms with van der Waals surface area (Å²) in [5, 5.41) is 3.45. The zero-order valence-corrected chi connectivity index (χ0v) is 25.3. The molecule has 4 rings (SSSR count). The van der Waals surface area contributed by atoms with Gasteiger partial charge >= 0.3 is 0 Å². The third-order valence-corrected chi connectivity index (χ3v) is 9.71. The van der Waals surface area contributed by atoms with Crippen LogP contribution in [0.25, 0.3) is 0 Å². The van der Waals surface area contributed by atoms with Crippen molar-refractivity contribution in [2.45, 2.75) is 56.1 Å². The van der Waals surface area contributed by atoms with E-state index in [1.165, 1.54) is 35.2 Å². The standard InChI is InChI=1S/C30H33Cl2N3O5S/c1-21(30(37)33-23-8-6-7-9-23)34(19-22-12-15-25(40-2)16-13-22)29(36)20-35(24-14-17-27(31)28(32)18-24)41(38,39)26-10-4-3-5-11-26/h3-5,10-18,21,23H,6-9,19-20H2,1-2H3,(H,33,37)/t21-/m0/s1. The summed E-state index contributed by atoms with van der Waals surface area (Å²) in [6.07, 6.45) is 3.88. The van der Waals surface area contributed by atoms with Crippen molar-refractivity contribution in [1.82, 2.24) is 10.2 Å². The Labute approximate surface area is 251 Å². The van der Waals surface area contributed by atoms with E-state index in [9.17, 15) is 18.0 Å². The molecule has 0 aromatic heterocycles. The van der Waals surface area contributed by atoms with Gasteiger partial charge in [0.25, 0.3) is 10.0 Å². The lowest BCUT2D eigenvalue weighted by Gasteiger charge is -2.32. The van der Waals surface area contributed by atoms with Gasteiger partial charge in [0, 0.05) is 12.6 Å². The summed E-state index contributed by atoms with van der Waals surface area (Å²) in [7, 11) is -2.63. The molecule has 0 aliphatic heterocycles. The number of anilines is 1. The minimum absolute atomic E-state index is 0.00704. The van der Waals surface area contributed by atoms with Crippen LogP contribution in [0.4, 0.5) is 5.69 Å². The fourth-order valence-electron chi connectivity index (χ4n) is 4.79. The topological polar surface area (TPSA) is 96.0 Å². The summed E-state index contributed by atoms with van der Waals surface area (Å²) < 4.78 is 33.9. The predicted molar refractivity (Wildman–Crippen MR) is 161 cm³/mol. The Kier molecular flexibility index (Phi) is 10.2. The first-order chi connectivity index (χ1) is 19.6. The Hall–Kier alpha value is -3.27. The van der Waals surface area contributed by atoms with E-state index in [1.54, 1.807) is 56.5 Å². The number of nitrogens with one attached hydrogen (secondary N) is 1. The van der Waals surface area contributed by atoms with Crippen LogP contribution in [0.3, 0.4) is 0 Å². The average molecular weight is 619 g/mol. The monoisotopic (exact) mass is 617 g/mol. The highest BCUT2D eigenvalue weighted by atomic mass is 35.5. The molecule has 0 saturated heterocycles. The summed E-state index contributed by atoms with van der Waals surface area (Å²) >= 11 is 12.3. The Morgan fingerprint density at radius 3 is 2.24 bits per heavy atom. The largest absolute Gasteiger partial charge is 0.497 e. The second kappa shape index (κ2) is 13.6. The molecule has 8 nitrogen and oxygen atoms in total. The van der Waals surface area contributed by atoms with E-state index >= 15 is 0 Å². The number of hydrogen-bond acceptors (Lipinski definition) is 5. The fourth-order valence-corrected chi connectivity index (χ4v) is 6.51. The highest BCUT2D eigenvalue weighted by molar-refractivity contribution is 7.92. The first kappa shape index (κ1) is 30.7. The Morgan fingerprint density at radius 1 is 0.976 bits per heavy atom. The van der Waals surface area contributed by atoms with Crippen molar-refractivity contribution in [1.29, 1.82) is 0 Å². The highest BCUT2D eigenvalue weighted by Gasteiger charge is 2.33. The van der Waals surface area contributed by atoms with Crippen LogP contribution in [0.1, 0.15) is 38.2 Å².